The zero-order valence-electron chi connectivity index (χ0n) is 9.92. The molecule has 1 aliphatic rings. The van der Waals surface area contributed by atoms with Crippen LogP contribution in [-0.4, -0.2) is 14.5 Å². The Morgan fingerprint density at radius 3 is 2.88 bits per heavy atom. The minimum absolute atomic E-state index is 0.668. The lowest BCUT2D eigenvalue weighted by atomic mass is 10.1. The predicted molar refractivity (Wildman–Crippen MR) is 66.8 cm³/mol. The van der Waals surface area contributed by atoms with Crippen LogP contribution in [-0.2, 0) is 6.54 Å². The van der Waals surface area contributed by atoms with Gasteiger partial charge in [0.15, 0.2) is 0 Å². The Morgan fingerprint density at radius 2 is 2.12 bits per heavy atom. The van der Waals surface area contributed by atoms with Gasteiger partial charge in [0.05, 0.1) is 6.54 Å². The Hall–Kier alpha value is -1.64. The smallest absolute Gasteiger partial charge is 0.112 e. The lowest BCUT2D eigenvalue weighted by Gasteiger charge is -2.12. The second-order valence-corrected chi connectivity index (χ2v) is 4.76. The van der Waals surface area contributed by atoms with Gasteiger partial charge in [0, 0.05) is 30.7 Å². The number of pyridine rings is 1. The van der Waals surface area contributed by atoms with Crippen LogP contribution in [0.15, 0.2) is 36.9 Å². The molecular formula is C14H17N3. The second-order valence-electron chi connectivity index (χ2n) is 4.76. The van der Waals surface area contributed by atoms with E-state index in [1.807, 2.05) is 24.7 Å². The fourth-order valence-electron chi connectivity index (χ4n) is 2.69. The normalized spacial score (nSPS) is 16.5. The summed E-state index contributed by atoms with van der Waals surface area (Å²) >= 11 is 0. The van der Waals surface area contributed by atoms with Crippen LogP contribution >= 0.6 is 0 Å². The third-order valence-electron chi connectivity index (χ3n) is 3.54. The van der Waals surface area contributed by atoms with E-state index in [4.69, 9.17) is 0 Å². The molecule has 0 radical (unpaired) electrons. The highest BCUT2D eigenvalue weighted by Gasteiger charge is 2.21. The fraction of sp³-hybridized carbons (Fsp3) is 0.429. The van der Waals surface area contributed by atoms with Crippen LogP contribution in [0.4, 0.5) is 0 Å². The van der Waals surface area contributed by atoms with Crippen molar-refractivity contribution >= 4 is 0 Å². The maximum atomic E-state index is 4.54. The molecule has 2 aromatic rings. The first kappa shape index (κ1) is 10.5. The van der Waals surface area contributed by atoms with E-state index in [1.54, 1.807) is 0 Å². The van der Waals surface area contributed by atoms with Gasteiger partial charge in [-0.1, -0.05) is 18.9 Å². The number of aromatic nitrogens is 3. The Labute approximate surface area is 102 Å². The molecule has 3 heteroatoms. The molecule has 2 heterocycles. The van der Waals surface area contributed by atoms with Gasteiger partial charge < -0.3 is 4.57 Å². The Morgan fingerprint density at radius 1 is 1.24 bits per heavy atom. The summed E-state index contributed by atoms with van der Waals surface area (Å²) in [6, 6.07) is 4.10. The predicted octanol–water partition coefficient (Wildman–Crippen LogP) is 2.98. The van der Waals surface area contributed by atoms with Crippen LogP contribution in [0, 0.1) is 0 Å². The summed E-state index contributed by atoms with van der Waals surface area (Å²) < 4.78 is 2.27. The SMILES string of the molecule is c1cncc(Cn2ccnc2C2CCCC2)c1. The summed E-state index contributed by atoms with van der Waals surface area (Å²) in [5, 5.41) is 0. The Kier molecular flexibility index (Phi) is 2.90. The highest BCUT2D eigenvalue weighted by molar-refractivity contribution is 5.12. The third-order valence-corrected chi connectivity index (χ3v) is 3.54. The highest BCUT2D eigenvalue weighted by Crippen LogP contribution is 2.33. The van der Waals surface area contributed by atoms with Crippen LogP contribution in [0.3, 0.4) is 0 Å². The molecule has 0 amide bonds. The van der Waals surface area contributed by atoms with Gasteiger partial charge >= 0.3 is 0 Å². The number of hydrogen-bond acceptors (Lipinski definition) is 2. The third kappa shape index (κ3) is 2.23. The summed E-state index contributed by atoms with van der Waals surface area (Å²) in [5.74, 6) is 1.92. The van der Waals surface area contributed by atoms with Crippen molar-refractivity contribution in [3.63, 3.8) is 0 Å². The maximum Gasteiger partial charge on any atom is 0.112 e. The van der Waals surface area contributed by atoms with E-state index in [-0.39, 0.29) is 0 Å². The Bertz CT molecular complexity index is 469. The first-order valence-corrected chi connectivity index (χ1v) is 6.33. The van der Waals surface area contributed by atoms with Crippen molar-refractivity contribution in [3.05, 3.63) is 48.3 Å². The van der Waals surface area contributed by atoms with Gasteiger partial charge in [-0.2, -0.15) is 0 Å². The molecule has 1 fully saturated rings. The molecule has 0 atom stereocenters. The molecule has 0 aromatic carbocycles. The molecule has 88 valence electrons. The van der Waals surface area contributed by atoms with Crippen molar-refractivity contribution in [1.82, 2.24) is 14.5 Å². The second kappa shape index (κ2) is 4.70. The zero-order valence-corrected chi connectivity index (χ0v) is 9.92. The average molecular weight is 227 g/mol. The van der Waals surface area contributed by atoms with Crippen LogP contribution in [0.5, 0.6) is 0 Å². The number of rotatable bonds is 3. The van der Waals surface area contributed by atoms with Gasteiger partial charge in [0.2, 0.25) is 0 Å². The molecular weight excluding hydrogens is 210 g/mol. The van der Waals surface area contributed by atoms with Crippen molar-refractivity contribution in [2.24, 2.45) is 0 Å². The molecule has 1 aliphatic carbocycles. The van der Waals surface area contributed by atoms with E-state index < -0.39 is 0 Å². The summed E-state index contributed by atoms with van der Waals surface area (Å²) in [6.07, 6.45) is 13.0. The van der Waals surface area contributed by atoms with Gasteiger partial charge in [0.1, 0.15) is 5.82 Å². The van der Waals surface area contributed by atoms with Crippen LogP contribution < -0.4 is 0 Å². The van der Waals surface area contributed by atoms with E-state index >= 15 is 0 Å². The molecule has 0 N–H and O–H groups in total. The van der Waals surface area contributed by atoms with Crippen molar-refractivity contribution in [2.75, 3.05) is 0 Å². The average Bonchev–Trinajstić information content (AvgIpc) is 3.00. The van der Waals surface area contributed by atoms with Gasteiger partial charge in [0.25, 0.3) is 0 Å². The minimum atomic E-state index is 0.668. The first-order valence-electron chi connectivity index (χ1n) is 6.33. The van der Waals surface area contributed by atoms with Crippen molar-refractivity contribution in [3.8, 4) is 0 Å². The Balaban J connectivity index is 1.81. The topological polar surface area (TPSA) is 30.7 Å². The molecule has 3 nitrogen and oxygen atoms in total. The van der Waals surface area contributed by atoms with E-state index in [0.717, 1.165) is 6.54 Å². The first-order chi connectivity index (χ1) is 8.43. The standard InChI is InChI=1S/C14H17N3/c1-2-6-13(5-1)14-16-8-9-17(14)11-12-4-3-7-15-10-12/h3-4,7-10,13H,1-2,5-6,11H2. The molecule has 0 bridgehead atoms. The van der Waals surface area contributed by atoms with E-state index in [9.17, 15) is 0 Å². The molecule has 1 saturated carbocycles. The summed E-state index contributed by atoms with van der Waals surface area (Å²) in [6.45, 7) is 0.889. The van der Waals surface area contributed by atoms with Crippen LogP contribution in [0.25, 0.3) is 0 Å². The van der Waals surface area contributed by atoms with Crippen molar-refractivity contribution in [2.45, 2.75) is 38.1 Å². The summed E-state index contributed by atoms with van der Waals surface area (Å²) in [4.78, 5) is 8.70. The van der Waals surface area contributed by atoms with E-state index in [0.29, 0.717) is 5.92 Å². The van der Waals surface area contributed by atoms with Gasteiger partial charge in [-0.3, -0.25) is 4.98 Å². The summed E-state index contributed by atoms with van der Waals surface area (Å²) in [5.41, 5.74) is 1.24. The van der Waals surface area contributed by atoms with E-state index in [1.165, 1.54) is 37.1 Å². The number of nitrogens with zero attached hydrogens (tertiary/aromatic N) is 3. The molecule has 0 unspecified atom stereocenters. The molecule has 0 aliphatic heterocycles. The monoisotopic (exact) mass is 227 g/mol. The molecule has 0 saturated heterocycles. The zero-order chi connectivity index (χ0) is 11.5. The molecule has 3 rings (SSSR count). The van der Waals surface area contributed by atoms with Crippen LogP contribution in [0.1, 0.15) is 43.0 Å². The lowest BCUT2D eigenvalue weighted by molar-refractivity contribution is 0.610. The molecule has 17 heavy (non-hydrogen) atoms. The fourth-order valence-corrected chi connectivity index (χ4v) is 2.69. The molecule has 0 spiro atoms. The van der Waals surface area contributed by atoms with Gasteiger partial charge in [-0.15, -0.1) is 0 Å². The minimum Gasteiger partial charge on any atom is -0.330 e. The largest absolute Gasteiger partial charge is 0.330 e. The van der Waals surface area contributed by atoms with Crippen LogP contribution in [0.2, 0.25) is 0 Å². The number of imidazole rings is 1. The van der Waals surface area contributed by atoms with Gasteiger partial charge in [-0.05, 0) is 24.5 Å². The quantitative estimate of drug-likeness (QED) is 0.807. The lowest BCUT2D eigenvalue weighted by Crippen LogP contribution is -2.07. The van der Waals surface area contributed by atoms with E-state index in [2.05, 4.69) is 26.8 Å². The van der Waals surface area contributed by atoms with Gasteiger partial charge in [-0.25, -0.2) is 4.98 Å². The maximum absolute atomic E-state index is 4.54. The van der Waals surface area contributed by atoms with Crippen molar-refractivity contribution in [1.29, 1.82) is 0 Å². The molecule has 2 aromatic heterocycles. The van der Waals surface area contributed by atoms with Crippen molar-refractivity contribution < 1.29 is 0 Å². The summed E-state index contributed by atoms with van der Waals surface area (Å²) in [7, 11) is 0. The highest BCUT2D eigenvalue weighted by atomic mass is 15.1. The number of hydrogen-bond donors (Lipinski definition) is 0.